The fourth-order valence-corrected chi connectivity index (χ4v) is 3.35. The lowest BCUT2D eigenvalue weighted by molar-refractivity contribution is 0.0374. The van der Waals surface area contributed by atoms with Gasteiger partial charge in [0.05, 0.1) is 0 Å². The molecule has 3 rings (SSSR count). The van der Waals surface area contributed by atoms with E-state index < -0.39 is 6.09 Å². The first-order valence-corrected chi connectivity index (χ1v) is 10.7. The molecule has 0 aliphatic rings. The number of carbonyl (C=O) groups excluding carboxylic acids is 1. The number of primary amides is 1. The van der Waals surface area contributed by atoms with Gasteiger partial charge in [0.1, 0.15) is 6.10 Å². The molecule has 0 bridgehead atoms. The van der Waals surface area contributed by atoms with Crippen LogP contribution in [-0.2, 0) is 17.6 Å². The molecule has 0 radical (unpaired) electrons. The van der Waals surface area contributed by atoms with E-state index in [4.69, 9.17) is 15.6 Å². The second-order valence-electron chi connectivity index (χ2n) is 8.87. The van der Waals surface area contributed by atoms with Crippen LogP contribution in [0.5, 0.6) is 0 Å². The second-order valence-corrected chi connectivity index (χ2v) is 8.87. The van der Waals surface area contributed by atoms with Crippen molar-refractivity contribution in [2.75, 3.05) is 11.9 Å². The van der Waals surface area contributed by atoms with E-state index in [-0.39, 0.29) is 18.1 Å². The van der Waals surface area contributed by atoms with Crippen molar-refractivity contribution in [3.63, 3.8) is 0 Å². The number of aliphatic hydroxyl groups excluding tert-OH is 1. The average Bonchev–Trinajstić information content (AvgIpc) is 3.21. The zero-order chi connectivity index (χ0) is 23.1. The summed E-state index contributed by atoms with van der Waals surface area (Å²) >= 11 is 0. The molecule has 170 valence electrons. The number of aromatic amines is 1. The van der Waals surface area contributed by atoms with Crippen molar-refractivity contribution in [3.05, 3.63) is 59.7 Å². The van der Waals surface area contributed by atoms with Gasteiger partial charge in [-0.1, -0.05) is 51.1 Å². The van der Waals surface area contributed by atoms with E-state index in [0.29, 0.717) is 18.2 Å². The third-order valence-corrected chi connectivity index (χ3v) is 5.17. The van der Waals surface area contributed by atoms with Gasteiger partial charge >= 0.3 is 6.09 Å². The summed E-state index contributed by atoms with van der Waals surface area (Å²) in [6.45, 7) is 6.22. The predicted octanol–water partition coefficient (Wildman–Crippen LogP) is 4.19. The number of aryl methyl sites for hydroxylation is 1. The summed E-state index contributed by atoms with van der Waals surface area (Å²) in [5.74, 6) is 1.21. The Kier molecular flexibility index (Phi) is 7.48. The Hall–Kier alpha value is -3.39. The Balaban J connectivity index is 1.65. The van der Waals surface area contributed by atoms with Crippen LogP contribution in [0, 0.1) is 5.41 Å². The molecule has 0 spiro atoms. The van der Waals surface area contributed by atoms with E-state index in [1.54, 1.807) is 0 Å². The van der Waals surface area contributed by atoms with Crippen LogP contribution >= 0.6 is 0 Å². The highest BCUT2D eigenvalue weighted by Crippen LogP contribution is 2.26. The van der Waals surface area contributed by atoms with Gasteiger partial charge < -0.3 is 25.9 Å². The molecule has 32 heavy (non-hydrogen) atoms. The highest BCUT2D eigenvalue weighted by Gasteiger charge is 2.28. The maximum atomic E-state index is 11.2. The standard InChI is InChI=1S/C24H31N5O3/c1-24(2,3)20(32-22(25)31)15-17-9-11-19(12-10-17)26-23-27-21(28-29-23)18-8-4-6-16(14-18)7-5-13-30/h4,6,8-12,14,20,30H,5,7,13,15H2,1-3H3,(H2,25,31)(H2,26,27,28,29). The lowest BCUT2D eigenvalue weighted by Gasteiger charge is -2.29. The number of benzene rings is 2. The zero-order valence-electron chi connectivity index (χ0n) is 18.8. The lowest BCUT2D eigenvalue weighted by atomic mass is 9.85. The van der Waals surface area contributed by atoms with Gasteiger partial charge in [0.25, 0.3) is 0 Å². The number of rotatable bonds is 9. The highest BCUT2D eigenvalue weighted by atomic mass is 16.6. The number of aliphatic hydroxyl groups is 1. The van der Waals surface area contributed by atoms with Gasteiger partial charge in [-0.2, -0.15) is 0 Å². The summed E-state index contributed by atoms with van der Waals surface area (Å²) in [6.07, 6.45) is 1.04. The summed E-state index contributed by atoms with van der Waals surface area (Å²) < 4.78 is 5.31. The van der Waals surface area contributed by atoms with Gasteiger partial charge in [0, 0.05) is 24.3 Å². The monoisotopic (exact) mass is 437 g/mol. The van der Waals surface area contributed by atoms with Gasteiger partial charge in [0.15, 0.2) is 5.82 Å². The van der Waals surface area contributed by atoms with Crippen molar-refractivity contribution in [2.45, 2.75) is 46.1 Å². The first-order chi connectivity index (χ1) is 15.2. The van der Waals surface area contributed by atoms with Crippen LogP contribution in [0.2, 0.25) is 0 Å². The molecule has 3 aromatic rings. The summed E-state index contributed by atoms with van der Waals surface area (Å²) in [5.41, 5.74) is 8.99. The van der Waals surface area contributed by atoms with Crippen molar-refractivity contribution >= 4 is 17.7 Å². The summed E-state index contributed by atoms with van der Waals surface area (Å²) in [4.78, 5) is 14.4. The molecule has 8 heteroatoms. The summed E-state index contributed by atoms with van der Waals surface area (Å²) in [6, 6.07) is 15.9. The normalized spacial score (nSPS) is 12.4. The van der Waals surface area contributed by atoms with E-state index in [0.717, 1.165) is 35.2 Å². The minimum atomic E-state index is -0.761. The molecule has 0 saturated carbocycles. The largest absolute Gasteiger partial charge is 0.445 e. The molecule has 8 nitrogen and oxygen atoms in total. The number of anilines is 2. The molecule has 0 saturated heterocycles. The van der Waals surface area contributed by atoms with Crippen LogP contribution in [-0.4, -0.2) is 39.1 Å². The Bertz CT molecular complexity index is 1020. The van der Waals surface area contributed by atoms with E-state index in [1.165, 1.54) is 0 Å². The fraction of sp³-hybridized carbons (Fsp3) is 0.375. The van der Waals surface area contributed by atoms with Crippen LogP contribution in [0.25, 0.3) is 11.4 Å². The van der Waals surface area contributed by atoms with Crippen molar-refractivity contribution in [1.29, 1.82) is 0 Å². The summed E-state index contributed by atoms with van der Waals surface area (Å²) in [7, 11) is 0. The first-order valence-electron chi connectivity index (χ1n) is 10.7. The van der Waals surface area contributed by atoms with Crippen LogP contribution in [0.3, 0.4) is 0 Å². The molecule has 1 heterocycles. The van der Waals surface area contributed by atoms with Gasteiger partial charge in [-0.15, -0.1) is 10.2 Å². The van der Waals surface area contributed by atoms with Gasteiger partial charge in [0.2, 0.25) is 5.95 Å². The van der Waals surface area contributed by atoms with E-state index in [2.05, 4.69) is 26.6 Å². The number of hydrogen-bond donors (Lipinski definition) is 4. The first kappa shape index (κ1) is 23.3. The Labute approximate surface area is 188 Å². The number of ether oxygens (including phenoxy) is 1. The molecule has 1 atom stereocenters. The van der Waals surface area contributed by atoms with Crippen molar-refractivity contribution in [3.8, 4) is 11.4 Å². The van der Waals surface area contributed by atoms with Gasteiger partial charge in [-0.25, -0.2) is 4.79 Å². The molecular weight excluding hydrogens is 406 g/mol. The molecule has 1 unspecified atom stereocenters. The maximum Gasteiger partial charge on any atom is 0.404 e. The van der Waals surface area contributed by atoms with E-state index in [9.17, 15) is 4.79 Å². The van der Waals surface area contributed by atoms with Crippen LogP contribution in [0.15, 0.2) is 48.5 Å². The topological polar surface area (TPSA) is 126 Å². The third-order valence-electron chi connectivity index (χ3n) is 5.17. The number of amides is 1. The number of aromatic nitrogens is 3. The quantitative estimate of drug-likeness (QED) is 0.398. The number of carbonyl (C=O) groups is 1. The maximum absolute atomic E-state index is 11.2. The van der Waals surface area contributed by atoms with Crippen LogP contribution in [0.4, 0.5) is 16.4 Å². The minimum absolute atomic E-state index is 0.175. The Morgan fingerprint density at radius 3 is 2.56 bits per heavy atom. The van der Waals surface area contributed by atoms with Crippen LogP contribution in [0.1, 0.15) is 38.3 Å². The molecule has 5 N–H and O–H groups in total. The molecule has 0 fully saturated rings. The lowest BCUT2D eigenvalue weighted by Crippen LogP contribution is -2.35. The Morgan fingerprint density at radius 2 is 1.91 bits per heavy atom. The van der Waals surface area contributed by atoms with Crippen molar-refractivity contribution < 1.29 is 14.6 Å². The smallest absolute Gasteiger partial charge is 0.404 e. The number of nitrogens with one attached hydrogen (secondary N) is 2. The molecule has 2 aromatic carbocycles. The molecule has 1 aromatic heterocycles. The second kappa shape index (κ2) is 10.3. The molecule has 0 aliphatic heterocycles. The average molecular weight is 438 g/mol. The zero-order valence-corrected chi connectivity index (χ0v) is 18.8. The van der Waals surface area contributed by atoms with Crippen LogP contribution < -0.4 is 11.1 Å². The third kappa shape index (κ3) is 6.55. The predicted molar refractivity (Wildman–Crippen MR) is 125 cm³/mol. The van der Waals surface area contributed by atoms with Gasteiger partial charge in [-0.05, 0) is 47.6 Å². The van der Waals surface area contributed by atoms with E-state index >= 15 is 0 Å². The highest BCUT2D eigenvalue weighted by molar-refractivity contribution is 5.65. The molecular formula is C24H31N5O3. The molecule has 0 aliphatic carbocycles. The van der Waals surface area contributed by atoms with E-state index in [1.807, 2.05) is 63.2 Å². The molecule has 1 amide bonds. The number of hydrogen-bond acceptors (Lipinski definition) is 6. The number of H-pyrrole nitrogens is 1. The number of nitrogens with two attached hydrogens (primary N) is 1. The van der Waals surface area contributed by atoms with Gasteiger partial charge in [-0.3, -0.25) is 0 Å². The fourth-order valence-electron chi connectivity index (χ4n) is 3.35. The van der Waals surface area contributed by atoms with Crippen molar-refractivity contribution in [1.82, 2.24) is 15.2 Å². The van der Waals surface area contributed by atoms with Crippen molar-refractivity contribution in [2.24, 2.45) is 11.1 Å². The number of nitrogens with zero attached hydrogens (tertiary/aromatic N) is 2. The minimum Gasteiger partial charge on any atom is -0.445 e. The Morgan fingerprint density at radius 1 is 1.16 bits per heavy atom. The summed E-state index contributed by atoms with van der Waals surface area (Å²) in [5, 5.41) is 20.7. The SMILES string of the molecule is CC(C)(C)C(Cc1ccc(Nc2nnc(-c3cccc(CCCO)c3)[nH]2)cc1)OC(N)=O.